The van der Waals surface area contributed by atoms with E-state index in [9.17, 15) is 9.59 Å². The number of aromatic nitrogens is 1. The Hall–Kier alpha value is -3.38. The van der Waals surface area contributed by atoms with E-state index in [0.29, 0.717) is 18.7 Å². The zero-order valence-electron chi connectivity index (χ0n) is 18.1. The van der Waals surface area contributed by atoms with Crippen LogP contribution in [0.1, 0.15) is 15.9 Å². The van der Waals surface area contributed by atoms with Gasteiger partial charge >= 0.3 is 0 Å². The Morgan fingerprint density at radius 3 is 2.41 bits per heavy atom. The van der Waals surface area contributed by atoms with Crippen molar-refractivity contribution in [2.24, 2.45) is 5.92 Å². The molecule has 0 aliphatic carbocycles. The first-order valence-corrected chi connectivity index (χ1v) is 11.3. The molecule has 3 aromatic rings. The van der Waals surface area contributed by atoms with E-state index in [1.165, 1.54) is 5.56 Å². The van der Waals surface area contributed by atoms with Gasteiger partial charge < -0.3 is 14.8 Å². The van der Waals surface area contributed by atoms with Gasteiger partial charge in [-0.1, -0.05) is 60.7 Å². The lowest BCUT2D eigenvalue weighted by Crippen LogP contribution is -2.59. The predicted molar refractivity (Wildman–Crippen MR) is 126 cm³/mol. The van der Waals surface area contributed by atoms with Gasteiger partial charge in [0.05, 0.1) is 11.5 Å². The molecule has 1 aromatic heterocycles. The third kappa shape index (κ3) is 4.18. The molecule has 164 valence electrons. The van der Waals surface area contributed by atoms with Crippen LogP contribution < -0.4 is 0 Å². The smallest absolute Gasteiger partial charge is 0.256 e. The standard InChI is InChI=1S/C26H28N4O2/c31-25(29-15-13-28(14-16-29)12-6-9-20-7-2-1-3-8-20)21-18-30(19-21)26(32)23-17-27-24-11-5-4-10-22(23)24/h1-11,17,21,27H,12-16,18-19H2/b9-6+. The van der Waals surface area contributed by atoms with Crippen LogP contribution in [0.5, 0.6) is 0 Å². The molecule has 6 nitrogen and oxygen atoms in total. The SMILES string of the molecule is O=C(c1c[nH]c2ccccc12)N1CC(C(=O)N2CCN(C/C=C/c3ccccc3)CC2)C1. The number of fused-ring (bicyclic) bond motifs is 1. The van der Waals surface area contributed by atoms with Gasteiger partial charge in [-0.25, -0.2) is 0 Å². The van der Waals surface area contributed by atoms with Crippen LogP contribution in [0.25, 0.3) is 17.0 Å². The van der Waals surface area contributed by atoms with Crippen LogP contribution in [-0.4, -0.2) is 77.3 Å². The van der Waals surface area contributed by atoms with E-state index in [-0.39, 0.29) is 17.7 Å². The number of rotatable bonds is 5. The number of hydrogen-bond donors (Lipinski definition) is 1. The van der Waals surface area contributed by atoms with Gasteiger partial charge in [0, 0.05) is 62.9 Å². The summed E-state index contributed by atoms with van der Waals surface area (Å²) in [6.07, 6.45) is 6.10. The number of piperazine rings is 1. The van der Waals surface area contributed by atoms with Crippen molar-refractivity contribution in [3.05, 3.63) is 78.0 Å². The van der Waals surface area contributed by atoms with Crippen LogP contribution in [-0.2, 0) is 4.79 Å². The van der Waals surface area contributed by atoms with Gasteiger partial charge in [0.15, 0.2) is 0 Å². The third-order valence-corrected chi connectivity index (χ3v) is 6.50. The summed E-state index contributed by atoms with van der Waals surface area (Å²) in [6.45, 7) is 5.20. The van der Waals surface area contributed by atoms with E-state index < -0.39 is 0 Å². The largest absolute Gasteiger partial charge is 0.360 e. The average molecular weight is 429 g/mol. The summed E-state index contributed by atoms with van der Waals surface area (Å²) < 4.78 is 0. The highest BCUT2D eigenvalue weighted by Crippen LogP contribution is 2.25. The molecule has 0 unspecified atom stereocenters. The van der Waals surface area contributed by atoms with Gasteiger partial charge in [0.1, 0.15) is 0 Å². The highest BCUT2D eigenvalue weighted by molar-refractivity contribution is 6.07. The molecule has 0 atom stereocenters. The Morgan fingerprint density at radius 1 is 0.906 bits per heavy atom. The maximum absolute atomic E-state index is 12.9. The molecule has 2 fully saturated rings. The monoisotopic (exact) mass is 428 g/mol. The fraction of sp³-hybridized carbons (Fsp3) is 0.308. The molecular formula is C26H28N4O2. The van der Waals surface area contributed by atoms with Crippen molar-refractivity contribution < 1.29 is 9.59 Å². The Balaban J connectivity index is 1.08. The van der Waals surface area contributed by atoms with Crippen molar-refractivity contribution in [1.82, 2.24) is 19.7 Å². The first-order valence-electron chi connectivity index (χ1n) is 11.3. The molecular weight excluding hydrogens is 400 g/mol. The van der Waals surface area contributed by atoms with Crippen molar-refractivity contribution in [2.45, 2.75) is 0 Å². The number of para-hydroxylation sites is 1. The number of nitrogens with zero attached hydrogens (tertiary/aromatic N) is 3. The quantitative estimate of drug-likeness (QED) is 0.679. The van der Waals surface area contributed by atoms with Gasteiger partial charge in [0.2, 0.25) is 5.91 Å². The van der Waals surface area contributed by atoms with Crippen molar-refractivity contribution in [3.63, 3.8) is 0 Å². The molecule has 2 saturated heterocycles. The summed E-state index contributed by atoms with van der Waals surface area (Å²) >= 11 is 0. The number of hydrogen-bond acceptors (Lipinski definition) is 3. The molecule has 32 heavy (non-hydrogen) atoms. The fourth-order valence-corrected chi connectivity index (χ4v) is 4.53. The van der Waals surface area contributed by atoms with Crippen LogP contribution >= 0.6 is 0 Å². The number of nitrogens with one attached hydrogen (secondary N) is 1. The van der Waals surface area contributed by atoms with Crippen LogP contribution in [0.2, 0.25) is 0 Å². The molecule has 5 rings (SSSR count). The van der Waals surface area contributed by atoms with E-state index in [2.05, 4.69) is 34.2 Å². The second-order valence-corrected chi connectivity index (χ2v) is 8.59. The van der Waals surface area contributed by atoms with Crippen LogP contribution in [0.15, 0.2) is 66.9 Å². The molecule has 2 amide bonds. The fourth-order valence-electron chi connectivity index (χ4n) is 4.53. The van der Waals surface area contributed by atoms with E-state index in [0.717, 1.165) is 43.6 Å². The number of aromatic amines is 1. The van der Waals surface area contributed by atoms with E-state index in [4.69, 9.17) is 0 Å². The average Bonchev–Trinajstić information content (AvgIpc) is 3.23. The lowest BCUT2D eigenvalue weighted by atomic mass is 9.96. The second kappa shape index (κ2) is 9.01. The molecule has 1 N–H and O–H groups in total. The van der Waals surface area contributed by atoms with E-state index in [1.807, 2.05) is 47.4 Å². The van der Waals surface area contributed by atoms with E-state index in [1.54, 1.807) is 11.1 Å². The predicted octanol–water partition coefficient (Wildman–Crippen LogP) is 3.10. The topological polar surface area (TPSA) is 59.7 Å². The first kappa shape index (κ1) is 20.5. The zero-order chi connectivity index (χ0) is 21.9. The summed E-state index contributed by atoms with van der Waals surface area (Å²) in [5.74, 6) is 0.114. The first-order chi connectivity index (χ1) is 15.7. The number of amides is 2. The Bertz CT molecular complexity index is 1120. The summed E-state index contributed by atoms with van der Waals surface area (Å²) in [7, 11) is 0. The highest BCUT2D eigenvalue weighted by atomic mass is 16.2. The van der Waals surface area contributed by atoms with Crippen molar-refractivity contribution in [1.29, 1.82) is 0 Å². The Labute approximate surface area is 188 Å². The Kier molecular flexibility index (Phi) is 5.77. The summed E-state index contributed by atoms with van der Waals surface area (Å²) in [5, 5.41) is 0.935. The molecule has 2 aliphatic heterocycles. The van der Waals surface area contributed by atoms with Crippen molar-refractivity contribution in [2.75, 3.05) is 45.8 Å². The lowest BCUT2D eigenvalue weighted by molar-refractivity contribution is -0.141. The lowest BCUT2D eigenvalue weighted by Gasteiger charge is -2.42. The van der Waals surface area contributed by atoms with Gasteiger partial charge in [-0.05, 0) is 11.6 Å². The van der Waals surface area contributed by atoms with Crippen LogP contribution in [0, 0.1) is 5.92 Å². The minimum absolute atomic E-state index is 0.00141. The number of benzene rings is 2. The normalized spacial score (nSPS) is 17.8. The van der Waals surface area contributed by atoms with Crippen molar-refractivity contribution >= 4 is 28.8 Å². The molecule has 2 aliphatic rings. The van der Waals surface area contributed by atoms with Crippen LogP contribution in [0.3, 0.4) is 0 Å². The van der Waals surface area contributed by atoms with Gasteiger partial charge in [-0.2, -0.15) is 0 Å². The summed E-state index contributed by atoms with van der Waals surface area (Å²) in [6, 6.07) is 18.1. The second-order valence-electron chi connectivity index (χ2n) is 8.59. The minimum atomic E-state index is -0.0753. The molecule has 0 saturated carbocycles. The number of H-pyrrole nitrogens is 1. The van der Waals surface area contributed by atoms with Crippen molar-refractivity contribution in [3.8, 4) is 0 Å². The third-order valence-electron chi connectivity index (χ3n) is 6.50. The molecule has 3 heterocycles. The van der Waals surface area contributed by atoms with Gasteiger partial charge in [-0.15, -0.1) is 0 Å². The van der Waals surface area contributed by atoms with Gasteiger partial charge in [0.25, 0.3) is 5.91 Å². The molecule has 6 heteroatoms. The molecule has 0 bridgehead atoms. The van der Waals surface area contributed by atoms with Crippen LogP contribution in [0.4, 0.5) is 0 Å². The molecule has 0 spiro atoms. The summed E-state index contributed by atoms with van der Waals surface area (Å²) in [5.41, 5.74) is 2.85. The number of likely N-dealkylation sites (tertiary alicyclic amines) is 1. The highest BCUT2D eigenvalue weighted by Gasteiger charge is 2.39. The van der Waals surface area contributed by atoms with Gasteiger partial charge in [-0.3, -0.25) is 14.5 Å². The number of carbonyl (C=O) groups is 2. The maximum atomic E-state index is 12.9. The zero-order valence-corrected chi connectivity index (χ0v) is 18.1. The van der Waals surface area contributed by atoms with E-state index >= 15 is 0 Å². The number of carbonyl (C=O) groups excluding carboxylic acids is 2. The minimum Gasteiger partial charge on any atom is -0.360 e. The molecule has 0 radical (unpaired) electrons. The maximum Gasteiger partial charge on any atom is 0.256 e. The molecule has 2 aromatic carbocycles. The Morgan fingerprint density at radius 2 is 1.62 bits per heavy atom. The summed E-state index contributed by atoms with van der Waals surface area (Å²) in [4.78, 5) is 35.0.